The number of hydrogen-bond acceptors (Lipinski definition) is 5. The molecule has 0 atom stereocenters. The molecule has 0 fully saturated rings. The van der Waals surface area contributed by atoms with E-state index in [4.69, 9.17) is 17.4 Å². The van der Waals surface area contributed by atoms with Gasteiger partial charge in [0, 0.05) is 5.02 Å². The molecule has 1 aromatic carbocycles. The summed E-state index contributed by atoms with van der Waals surface area (Å²) in [4.78, 5) is 0. The highest BCUT2D eigenvalue weighted by atomic mass is 35.5. The van der Waals surface area contributed by atoms with Crippen LogP contribution in [0.4, 0.5) is 5.95 Å². The number of nitrogen functional groups attached to an aromatic ring is 1. The van der Waals surface area contributed by atoms with Crippen molar-refractivity contribution in [3.8, 4) is 0 Å². The molecule has 3 N–H and O–H groups in total. The highest BCUT2D eigenvalue weighted by Crippen LogP contribution is 2.07. The van der Waals surface area contributed by atoms with Crippen molar-refractivity contribution in [3.63, 3.8) is 0 Å². The highest BCUT2D eigenvalue weighted by Gasteiger charge is 1.96. The molecule has 0 amide bonds. The fourth-order valence-corrected chi connectivity index (χ4v) is 1.16. The van der Waals surface area contributed by atoms with Crippen LogP contribution in [0.5, 0.6) is 0 Å². The molecule has 90 valence electrons. The van der Waals surface area contributed by atoms with Crippen molar-refractivity contribution < 1.29 is 0 Å². The van der Waals surface area contributed by atoms with Crippen LogP contribution in [0.3, 0.4) is 0 Å². The maximum absolute atomic E-state index is 5.75. The van der Waals surface area contributed by atoms with Gasteiger partial charge in [0.1, 0.15) is 6.33 Å². The molecule has 0 saturated heterocycles. The molecule has 1 aromatic heterocycles. The SMILES string of the molecule is Cl.Nn1cnnc1NN=Cc1ccc(Cl)cc1. The maximum atomic E-state index is 5.75. The number of benzene rings is 1. The third-order valence-corrected chi connectivity index (χ3v) is 2.07. The van der Waals surface area contributed by atoms with Crippen LogP contribution in [0.2, 0.25) is 5.02 Å². The average molecular weight is 273 g/mol. The van der Waals surface area contributed by atoms with Crippen LogP contribution in [-0.4, -0.2) is 21.1 Å². The lowest BCUT2D eigenvalue weighted by molar-refractivity contribution is 0.988. The summed E-state index contributed by atoms with van der Waals surface area (Å²) in [7, 11) is 0. The summed E-state index contributed by atoms with van der Waals surface area (Å²) in [6, 6.07) is 7.27. The van der Waals surface area contributed by atoms with Gasteiger partial charge in [-0.05, 0) is 17.7 Å². The fraction of sp³-hybridized carbons (Fsp3) is 0. The van der Waals surface area contributed by atoms with Crippen LogP contribution in [0.15, 0.2) is 35.7 Å². The number of hydrogen-bond donors (Lipinski definition) is 2. The Kier molecular flexibility index (Phi) is 4.74. The number of nitrogens with one attached hydrogen (secondary N) is 1. The molecular weight excluding hydrogens is 263 g/mol. The second-order valence-electron chi connectivity index (χ2n) is 2.98. The molecule has 0 aliphatic carbocycles. The highest BCUT2D eigenvalue weighted by molar-refractivity contribution is 6.30. The van der Waals surface area contributed by atoms with Gasteiger partial charge in [0.05, 0.1) is 6.21 Å². The van der Waals surface area contributed by atoms with E-state index in [-0.39, 0.29) is 12.4 Å². The lowest BCUT2D eigenvalue weighted by atomic mass is 10.2. The molecule has 6 nitrogen and oxygen atoms in total. The number of nitrogens with zero attached hydrogens (tertiary/aromatic N) is 4. The molecule has 17 heavy (non-hydrogen) atoms. The molecule has 1 heterocycles. The van der Waals surface area contributed by atoms with E-state index < -0.39 is 0 Å². The van der Waals surface area contributed by atoms with Gasteiger partial charge in [-0.2, -0.15) is 5.10 Å². The minimum absolute atomic E-state index is 0. The van der Waals surface area contributed by atoms with Crippen molar-refractivity contribution >= 4 is 36.2 Å². The maximum Gasteiger partial charge on any atom is 0.263 e. The molecule has 8 heteroatoms. The normalized spacial score (nSPS) is 10.2. The number of anilines is 1. The Labute approximate surface area is 109 Å². The van der Waals surface area contributed by atoms with Crippen molar-refractivity contribution in [1.29, 1.82) is 0 Å². The molecule has 2 aromatic rings. The van der Waals surface area contributed by atoms with Gasteiger partial charge in [0.15, 0.2) is 0 Å². The van der Waals surface area contributed by atoms with E-state index in [2.05, 4.69) is 20.7 Å². The Hall–Kier alpha value is -1.79. The zero-order valence-electron chi connectivity index (χ0n) is 8.62. The van der Waals surface area contributed by atoms with Gasteiger partial charge in [0.2, 0.25) is 0 Å². The zero-order chi connectivity index (χ0) is 11.4. The Morgan fingerprint density at radius 2 is 2.06 bits per heavy atom. The standard InChI is InChI=1S/C9H9ClN6.ClH/c10-8-3-1-7(2-4-8)5-12-14-9-15-13-6-16(9)11;/h1-6H,11H2,(H,14,15);1H. The summed E-state index contributed by atoms with van der Waals surface area (Å²) in [5.41, 5.74) is 3.57. The minimum atomic E-state index is 0. The topological polar surface area (TPSA) is 81.1 Å². The van der Waals surface area contributed by atoms with Gasteiger partial charge in [-0.1, -0.05) is 23.7 Å². The first-order valence-electron chi connectivity index (χ1n) is 4.45. The Balaban J connectivity index is 0.00000144. The molecular formula is C9H10Cl2N6. The lowest BCUT2D eigenvalue weighted by Gasteiger charge is -1.97. The second kappa shape index (κ2) is 6.07. The molecule has 0 saturated carbocycles. The third kappa shape index (κ3) is 3.61. The zero-order valence-corrected chi connectivity index (χ0v) is 10.2. The number of aromatic nitrogens is 3. The first-order valence-corrected chi connectivity index (χ1v) is 4.83. The first-order chi connectivity index (χ1) is 7.75. The molecule has 0 aliphatic heterocycles. The van der Waals surface area contributed by atoms with Gasteiger partial charge in [0.25, 0.3) is 5.95 Å². The van der Waals surface area contributed by atoms with Gasteiger partial charge in [-0.3, -0.25) is 0 Å². The van der Waals surface area contributed by atoms with Crippen LogP contribution in [-0.2, 0) is 0 Å². The van der Waals surface area contributed by atoms with Crippen molar-refractivity contribution in [2.45, 2.75) is 0 Å². The van der Waals surface area contributed by atoms with Crippen molar-refractivity contribution in [2.75, 3.05) is 11.3 Å². The first kappa shape index (κ1) is 13.3. The van der Waals surface area contributed by atoms with Gasteiger partial charge in [-0.15, -0.1) is 22.6 Å². The molecule has 0 spiro atoms. The van der Waals surface area contributed by atoms with Crippen LogP contribution in [0.25, 0.3) is 0 Å². The third-order valence-electron chi connectivity index (χ3n) is 1.82. The van der Waals surface area contributed by atoms with E-state index >= 15 is 0 Å². The number of nitrogens with two attached hydrogens (primary N) is 1. The van der Waals surface area contributed by atoms with Crippen LogP contribution >= 0.6 is 24.0 Å². The fourth-order valence-electron chi connectivity index (χ4n) is 1.04. The van der Waals surface area contributed by atoms with Gasteiger partial charge >= 0.3 is 0 Å². The molecule has 2 rings (SSSR count). The summed E-state index contributed by atoms with van der Waals surface area (Å²) in [6.07, 6.45) is 3.01. The molecule has 0 radical (unpaired) electrons. The number of hydrazone groups is 1. The van der Waals surface area contributed by atoms with Crippen molar-refractivity contribution in [2.24, 2.45) is 5.10 Å². The van der Waals surface area contributed by atoms with Crippen molar-refractivity contribution in [1.82, 2.24) is 14.9 Å². The van der Waals surface area contributed by atoms with Gasteiger partial charge < -0.3 is 5.84 Å². The minimum Gasteiger partial charge on any atom is -0.335 e. The van der Waals surface area contributed by atoms with Crippen LogP contribution < -0.4 is 11.3 Å². The van der Waals surface area contributed by atoms with E-state index in [0.717, 1.165) is 5.56 Å². The van der Waals surface area contributed by atoms with Crippen LogP contribution in [0, 0.1) is 0 Å². The second-order valence-corrected chi connectivity index (χ2v) is 3.42. The smallest absolute Gasteiger partial charge is 0.263 e. The van der Waals surface area contributed by atoms with E-state index in [0.29, 0.717) is 11.0 Å². The summed E-state index contributed by atoms with van der Waals surface area (Å²) < 4.78 is 1.24. The summed E-state index contributed by atoms with van der Waals surface area (Å²) in [5, 5.41) is 11.9. The monoisotopic (exact) mass is 272 g/mol. The molecule has 0 aliphatic rings. The Morgan fingerprint density at radius 3 is 2.65 bits per heavy atom. The van der Waals surface area contributed by atoms with Crippen molar-refractivity contribution in [3.05, 3.63) is 41.2 Å². The molecule has 0 bridgehead atoms. The average Bonchev–Trinajstić information content (AvgIpc) is 2.68. The van der Waals surface area contributed by atoms with Crippen LogP contribution in [0.1, 0.15) is 5.56 Å². The summed E-state index contributed by atoms with van der Waals surface area (Å²) in [5.74, 6) is 5.84. The van der Waals surface area contributed by atoms with E-state index in [1.54, 1.807) is 18.3 Å². The largest absolute Gasteiger partial charge is 0.335 e. The Bertz CT molecular complexity index is 492. The lowest BCUT2D eigenvalue weighted by Crippen LogP contribution is -2.10. The predicted octanol–water partition coefficient (Wildman–Crippen LogP) is 1.51. The number of halogens is 2. The number of rotatable bonds is 3. The summed E-state index contributed by atoms with van der Waals surface area (Å²) >= 11 is 5.75. The summed E-state index contributed by atoms with van der Waals surface area (Å²) in [6.45, 7) is 0. The van der Waals surface area contributed by atoms with E-state index in [1.165, 1.54) is 11.0 Å². The van der Waals surface area contributed by atoms with Gasteiger partial charge in [-0.25, -0.2) is 10.1 Å². The van der Waals surface area contributed by atoms with E-state index in [9.17, 15) is 0 Å². The van der Waals surface area contributed by atoms with E-state index in [1.807, 2.05) is 12.1 Å². The Morgan fingerprint density at radius 1 is 1.35 bits per heavy atom. The quantitative estimate of drug-likeness (QED) is 0.504. The molecule has 0 unspecified atom stereocenters. The predicted molar refractivity (Wildman–Crippen MR) is 70.1 cm³/mol.